The molecular formula is C45H51ClN8O6S2. The highest BCUT2D eigenvalue weighted by Crippen LogP contribution is 2.44. The van der Waals surface area contributed by atoms with Crippen LogP contribution in [0.2, 0.25) is 5.02 Å². The Morgan fingerprint density at radius 3 is 2.60 bits per heavy atom. The number of nitro groups is 1. The second-order valence-electron chi connectivity index (χ2n) is 17.3. The standard InChI is InChI=1S/C45H51ClN8O6S2/c1-45(2)14-11-31(38(25-45)29-5-7-32(46)8-6-29)27-52-17-19-53(20-18-52)34-9-10-37(40(22-34)60-35-21-30-12-15-47-43(30)48-26-35)44(55)50-62(58,59)36-23-39(54(56)57)42-41(24-36)61-28-33(49-42)13-16-51(3)4/h5-10,12,15,21-24,26,33,49H,11,13-14,16-20,25,27-28H2,1-4H3,(H,47,48)(H,50,55)/t33-/m1/s1. The lowest BCUT2D eigenvalue weighted by Crippen LogP contribution is -2.47. The Labute approximate surface area is 371 Å². The van der Waals surface area contributed by atoms with Gasteiger partial charge >= 0.3 is 0 Å². The van der Waals surface area contributed by atoms with Crippen molar-refractivity contribution in [2.24, 2.45) is 5.41 Å². The molecule has 0 spiro atoms. The third-order valence-electron chi connectivity index (χ3n) is 11.8. The van der Waals surface area contributed by atoms with Crippen LogP contribution in [0.3, 0.4) is 0 Å². The van der Waals surface area contributed by atoms with Crippen molar-refractivity contribution in [3.63, 3.8) is 0 Å². The third kappa shape index (κ3) is 9.89. The van der Waals surface area contributed by atoms with Crippen LogP contribution in [-0.4, -0.2) is 104 Å². The van der Waals surface area contributed by atoms with Gasteiger partial charge in [0, 0.05) is 83.8 Å². The zero-order valence-corrected chi connectivity index (χ0v) is 37.6. The van der Waals surface area contributed by atoms with Crippen LogP contribution < -0.4 is 19.7 Å². The Morgan fingerprint density at radius 2 is 1.85 bits per heavy atom. The first-order valence-electron chi connectivity index (χ1n) is 20.7. The van der Waals surface area contributed by atoms with Gasteiger partial charge in [0.25, 0.3) is 21.6 Å². The van der Waals surface area contributed by atoms with Crippen molar-refractivity contribution in [1.82, 2.24) is 24.5 Å². The Hall–Kier alpha value is -5.13. The Morgan fingerprint density at radius 1 is 1.08 bits per heavy atom. The zero-order valence-electron chi connectivity index (χ0n) is 35.2. The summed E-state index contributed by atoms with van der Waals surface area (Å²) in [6.07, 6.45) is 7.25. The van der Waals surface area contributed by atoms with Gasteiger partial charge in [-0.25, -0.2) is 18.1 Å². The number of H-pyrrole nitrogens is 1. The molecule has 0 unspecified atom stereocenters. The monoisotopic (exact) mass is 898 g/mol. The van der Waals surface area contributed by atoms with E-state index in [1.807, 2.05) is 37.2 Å². The first-order chi connectivity index (χ1) is 29.6. The maximum atomic E-state index is 14.0. The number of ether oxygens (including phenoxy) is 1. The van der Waals surface area contributed by atoms with E-state index in [-0.39, 0.29) is 39.0 Å². The molecule has 0 radical (unpaired) electrons. The number of fused-ring (bicyclic) bond motifs is 2. The highest BCUT2D eigenvalue weighted by molar-refractivity contribution is 7.99. The summed E-state index contributed by atoms with van der Waals surface area (Å²) in [5, 5.41) is 17.0. The number of carbonyl (C=O) groups excluding carboxylic acids is 1. The highest BCUT2D eigenvalue weighted by atomic mass is 35.5. The van der Waals surface area contributed by atoms with Gasteiger partial charge in [-0.3, -0.25) is 19.8 Å². The number of thioether (sulfide) groups is 1. The van der Waals surface area contributed by atoms with Gasteiger partial charge in [-0.2, -0.15) is 0 Å². The lowest BCUT2D eigenvalue weighted by Gasteiger charge is -2.39. The Kier molecular flexibility index (Phi) is 12.6. The molecule has 2 aliphatic heterocycles. The van der Waals surface area contributed by atoms with Gasteiger partial charge in [-0.1, -0.05) is 43.2 Å². The number of rotatable bonds is 13. The number of hydrogen-bond donors (Lipinski definition) is 3. The predicted octanol–water partition coefficient (Wildman–Crippen LogP) is 8.66. The highest BCUT2D eigenvalue weighted by Gasteiger charge is 2.33. The van der Waals surface area contributed by atoms with Crippen LogP contribution in [0.1, 0.15) is 55.5 Å². The normalized spacial score (nSPS) is 18.1. The number of piperazine rings is 1. The summed E-state index contributed by atoms with van der Waals surface area (Å²) in [7, 11) is -0.658. The molecule has 62 heavy (non-hydrogen) atoms. The molecule has 1 fully saturated rings. The second kappa shape index (κ2) is 17.9. The average molecular weight is 900 g/mol. The van der Waals surface area contributed by atoms with Crippen LogP contribution in [0.5, 0.6) is 11.5 Å². The molecule has 1 amide bonds. The number of benzene rings is 3. The summed E-state index contributed by atoms with van der Waals surface area (Å²) >= 11 is 7.59. The molecule has 5 aromatic rings. The largest absolute Gasteiger partial charge is 0.455 e. The van der Waals surface area contributed by atoms with E-state index in [9.17, 15) is 23.3 Å². The van der Waals surface area contributed by atoms with Gasteiger partial charge in [-0.05, 0) is 105 Å². The quantitative estimate of drug-likeness (QED) is 0.0762. The van der Waals surface area contributed by atoms with Crippen LogP contribution >= 0.6 is 23.4 Å². The number of amides is 1. The number of nitro benzene ring substituents is 1. The smallest absolute Gasteiger partial charge is 0.294 e. The summed E-state index contributed by atoms with van der Waals surface area (Å²) in [6, 6.07) is 19.3. The van der Waals surface area contributed by atoms with Crippen molar-refractivity contribution in [3.8, 4) is 11.5 Å². The van der Waals surface area contributed by atoms with E-state index in [0.717, 1.165) is 87.1 Å². The lowest BCUT2D eigenvalue weighted by atomic mass is 9.72. The van der Waals surface area contributed by atoms with Gasteiger partial charge in [0.15, 0.2) is 0 Å². The Bertz CT molecular complexity index is 2640. The first kappa shape index (κ1) is 43.5. The fourth-order valence-electron chi connectivity index (χ4n) is 8.36. The van der Waals surface area contributed by atoms with Crippen LogP contribution in [0, 0.1) is 15.5 Å². The zero-order chi connectivity index (χ0) is 43.8. The van der Waals surface area contributed by atoms with Crippen molar-refractivity contribution < 1.29 is 22.9 Å². The number of sulfonamides is 1. The topological polar surface area (TPSA) is 166 Å². The molecule has 3 aliphatic rings. The number of allylic oxidation sites excluding steroid dienone is 1. The lowest BCUT2D eigenvalue weighted by molar-refractivity contribution is -0.384. The number of aromatic nitrogens is 2. The van der Waals surface area contributed by atoms with E-state index in [1.165, 1.54) is 40.7 Å². The molecule has 0 saturated carbocycles. The van der Waals surface area contributed by atoms with Crippen LogP contribution in [-0.2, 0) is 10.0 Å². The number of halogens is 1. The van der Waals surface area contributed by atoms with Gasteiger partial charge in [-0.15, -0.1) is 11.8 Å². The molecular weight excluding hydrogens is 848 g/mol. The first-order valence-corrected chi connectivity index (χ1v) is 23.6. The third-order valence-corrected chi connectivity index (χ3v) is 14.6. The number of pyridine rings is 1. The molecule has 14 nitrogen and oxygen atoms in total. The molecule has 1 aliphatic carbocycles. The summed E-state index contributed by atoms with van der Waals surface area (Å²) < 4.78 is 36.3. The van der Waals surface area contributed by atoms with Crippen molar-refractivity contribution in [2.75, 3.05) is 69.3 Å². The fourth-order valence-corrected chi connectivity index (χ4v) is 10.7. The van der Waals surface area contributed by atoms with E-state index < -0.39 is 20.9 Å². The number of nitrogens with zero attached hydrogens (tertiary/aromatic N) is 5. The Balaban J connectivity index is 1.02. The minimum atomic E-state index is -4.57. The maximum absolute atomic E-state index is 14.0. The molecule has 17 heteroatoms. The maximum Gasteiger partial charge on any atom is 0.294 e. The molecule has 326 valence electrons. The molecule has 1 atom stereocenters. The summed E-state index contributed by atoms with van der Waals surface area (Å²) in [4.78, 5) is 40.0. The number of aromatic amines is 1. The van der Waals surface area contributed by atoms with E-state index in [1.54, 1.807) is 30.5 Å². The van der Waals surface area contributed by atoms with E-state index in [0.29, 0.717) is 22.0 Å². The number of carbonyl (C=O) groups is 1. The molecule has 8 rings (SSSR count). The van der Waals surface area contributed by atoms with Crippen molar-refractivity contribution in [3.05, 3.63) is 111 Å². The van der Waals surface area contributed by atoms with Crippen molar-refractivity contribution in [2.45, 2.75) is 55.4 Å². The van der Waals surface area contributed by atoms with Crippen molar-refractivity contribution >= 4 is 73.0 Å². The van der Waals surface area contributed by atoms with E-state index in [4.69, 9.17) is 16.3 Å². The van der Waals surface area contributed by atoms with Crippen LogP contribution in [0.15, 0.2) is 94.5 Å². The molecule has 2 aromatic heterocycles. The van der Waals surface area contributed by atoms with E-state index in [2.05, 4.69) is 55.8 Å². The molecule has 3 aromatic carbocycles. The number of anilines is 2. The SMILES string of the molecule is CN(C)CC[C@@H]1CSc2cc(S(=O)(=O)NC(=O)c3ccc(N4CCN(CC5=C(c6ccc(Cl)cc6)CC(C)(C)CC5)CC4)cc3Oc3cnc4[nH]ccc4c3)cc([N+](=O)[O-])c2N1. The van der Waals surface area contributed by atoms with Gasteiger partial charge in [0.2, 0.25) is 0 Å². The van der Waals surface area contributed by atoms with Gasteiger partial charge < -0.3 is 24.8 Å². The summed E-state index contributed by atoms with van der Waals surface area (Å²) in [6.45, 7) is 9.44. The summed E-state index contributed by atoms with van der Waals surface area (Å²) in [5.41, 5.74) is 5.69. The predicted molar refractivity (Wildman–Crippen MR) is 246 cm³/mol. The molecule has 3 N–H and O–H groups in total. The van der Waals surface area contributed by atoms with Crippen molar-refractivity contribution in [1.29, 1.82) is 0 Å². The number of hydrogen-bond acceptors (Lipinski definition) is 12. The average Bonchev–Trinajstić information content (AvgIpc) is 3.71. The minimum absolute atomic E-state index is 0.0285. The minimum Gasteiger partial charge on any atom is -0.455 e. The molecule has 0 bridgehead atoms. The van der Waals surface area contributed by atoms with Gasteiger partial charge in [0.1, 0.15) is 22.8 Å². The van der Waals surface area contributed by atoms with Crippen LogP contribution in [0.4, 0.5) is 17.1 Å². The molecule has 1 saturated heterocycles. The molecule has 4 heterocycles. The second-order valence-corrected chi connectivity index (χ2v) is 20.5. The van der Waals surface area contributed by atoms with E-state index >= 15 is 0 Å². The summed E-state index contributed by atoms with van der Waals surface area (Å²) in [5.74, 6) is 0.149. The fraction of sp³-hybridized carbons (Fsp3) is 0.378. The van der Waals surface area contributed by atoms with Crippen LogP contribution in [0.25, 0.3) is 16.6 Å². The van der Waals surface area contributed by atoms with Gasteiger partial charge in [0.05, 0.1) is 21.6 Å². The number of nitrogens with one attached hydrogen (secondary N) is 3.